The molecule has 0 aliphatic rings. The zero-order valence-corrected chi connectivity index (χ0v) is 19.0. The quantitative estimate of drug-likeness (QED) is 0.339. The van der Waals surface area contributed by atoms with Crippen molar-refractivity contribution in [2.75, 3.05) is 26.2 Å². The lowest BCUT2D eigenvalue weighted by Crippen LogP contribution is -2.39. The number of hydrogen-bond donors (Lipinski definition) is 3. The van der Waals surface area contributed by atoms with Crippen molar-refractivity contribution in [3.8, 4) is 5.75 Å². The summed E-state index contributed by atoms with van der Waals surface area (Å²) < 4.78 is 28.8. The summed E-state index contributed by atoms with van der Waals surface area (Å²) in [6.45, 7) is 7.84. The summed E-state index contributed by atoms with van der Waals surface area (Å²) in [5, 5.41) is 16.7. The Bertz CT molecular complexity index is 810. The largest absolute Gasteiger partial charge is 0.435 e. The first kappa shape index (κ1) is 25.5. The Kier molecular flexibility index (Phi) is 10.9. The highest BCUT2D eigenvalue weighted by Gasteiger charge is 2.10. The van der Waals surface area contributed by atoms with Gasteiger partial charge in [-0.1, -0.05) is 50.2 Å². The number of hydrogen-bond acceptors (Lipinski definition) is 4. The van der Waals surface area contributed by atoms with Gasteiger partial charge in [0, 0.05) is 19.6 Å². The van der Waals surface area contributed by atoms with E-state index in [2.05, 4.69) is 63.4 Å². The average molecular weight is 449 g/mol. The Morgan fingerprint density at radius 1 is 0.969 bits per heavy atom. The fourth-order valence-electron chi connectivity index (χ4n) is 3.15. The molecule has 0 fully saturated rings. The molecule has 1 unspecified atom stereocenters. The first-order valence-electron chi connectivity index (χ1n) is 11.0. The maximum Gasteiger partial charge on any atom is 0.387 e. The van der Waals surface area contributed by atoms with Gasteiger partial charge >= 0.3 is 6.61 Å². The molecule has 8 heteroatoms. The summed E-state index contributed by atoms with van der Waals surface area (Å²) in [6.07, 6.45) is -0.821. The number of benzene rings is 2. The first-order valence-corrected chi connectivity index (χ1v) is 11.0. The van der Waals surface area contributed by atoms with Crippen LogP contribution in [0.5, 0.6) is 5.75 Å². The molecule has 0 bridgehead atoms. The van der Waals surface area contributed by atoms with Gasteiger partial charge in [0.1, 0.15) is 5.75 Å². The van der Waals surface area contributed by atoms with Gasteiger partial charge in [-0.3, -0.25) is 4.90 Å². The van der Waals surface area contributed by atoms with Crippen LogP contribution >= 0.6 is 0 Å². The highest BCUT2D eigenvalue weighted by Crippen LogP contribution is 2.19. The highest BCUT2D eigenvalue weighted by molar-refractivity contribution is 5.79. The van der Waals surface area contributed by atoms with Gasteiger partial charge in [-0.2, -0.15) is 8.78 Å². The Labute approximate surface area is 189 Å². The van der Waals surface area contributed by atoms with Crippen molar-refractivity contribution in [2.45, 2.75) is 46.6 Å². The lowest BCUT2D eigenvalue weighted by atomic mass is 10.1. The van der Waals surface area contributed by atoms with E-state index in [9.17, 15) is 13.9 Å². The molecule has 0 saturated heterocycles. The number of halogens is 2. The van der Waals surface area contributed by atoms with Crippen LogP contribution in [-0.4, -0.2) is 48.8 Å². The average Bonchev–Trinajstić information content (AvgIpc) is 2.80. The number of aliphatic hydroxyl groups excluding tert-OH is 1. The number of aliphatic hydroxyl groups is 1. The SMILES string of the molecule is CCNC(=NCc1ccc(CN(CC)CC)cc1)NCC(O)c1ccc(OC(F)F)cc1. The van der Waals surface area contributed by atoms with Gasteiger partial charge < -0.3 is 20.5 Å². The molecule has 0 spiro atoms. The molecule has 6 nitrogen and oxygen atoms in total. The fourth-order valence-corrected chi connectivity index (χ4v) is 3.15. The lowest BCUT2D eigenvalue weighted by molar-refractivity contribution is -0.0498. The van der Waals surface area contributed by atoms with E-state index < -0.39 is 12.7 Å². The molecule has 32 heavy (non-hydrogen) atoms. The smallest absolute Gasteiger partial charge is 0.387 e. The predicted octanol–water partition coefficient (Wildman–Crippen LogP) is 3.92. The summed E-state index contributed by atoms with van der Waals surface area (Å²) in [5.74, 6) is 0.651. The summed E-state index contributed by atoms with van der Waals surface area (Å²) in [4.78, 5) is 6.95. The molecule has 1 atom stereocenters. The van der Waals surface area contributed by atoms with Crippen molar-refractivity contribution >= 4 is 5.96 Å². The maximum atomic E-state index is 12.3. The van der Waals surface area contributed by atoms with Crippen LogP contribution in [0, 0.1) is 0 Å². The van der Waals surface area contributed by atoms with Crippen molar-refractivity contribution in [1.29, 1.82) is 0 Å². The van der Waals surface area contributed by atoms with Crippen molar-refractivity contribution < 1.29 is 18.6 Å². The van der Waals surface area contributed by atoms with Crippen LogP contribution in [-0.2, 0) is 13.1 Å². The molecule has 176 valence electrons. The summed E-state index contributed by atoms with van der Waals surface area (Å²) in [6, 6.07) is 14.4. The van der Waals surface area contributed by atoms with E-state index in [0.29, 0.717) is 24.6 Å². The molecule has 2 aromatic carbocycles. The Morgan fingerprint density at radius 2 is 1.59 bits per heavy atom. The van der Waals surface area contributed by atoms with Gasteiger partial charge in [0.2, 0.25) is 0 Å². The predicted molar refractivity (Wildman–Crippen MR) is 124 cm³/mol. The lowest BCUT2D eigenvalue weighted by Gasteiger charge is -2.18. The number of ether oxygens (including phenoxy) is 1. The molecule has 2 rings (SSSR count). The standard InChI is InChI=1S/C24H34F2N4O2/c1-4-27-24(28-15-18-7-9-19(10-8-18)17-30(5-2)6-3)29-16-22(31)20-11-13-21(14-12-20)32-23(25)26/h7-14,22-23,31H,4-6,15-17H2,1-3H3,(H2,27,28,29). The normalized spacial score (nSPS) is 12.8. The van der Waals surface area contributed by atoms with Crippen LogP contribution in [0.1, 0.15) is 43.6 Å². The molecule has 0 amide bonds. The van der Waals surface area contributed by atoms with Crippen LogP contribution in [0.3, 0.4) is 0 Å². The third-order valence-electron chi connectivity index (χ3n) is 5.04. The number of nitrogens with zero attached hydrogens (tertiary/aromatic N) is 2. The number of alkyl halides is 2. The molecular formula is C24H34F2N4O2. The molecule has 0 saturated carbocycles. The monoisotopic (exact) mass is 448 g/mol. The molecule has 0 aliphatic heterocycles. The molecule has 0 radical (unpaired) electrons. The van der Waals surface area contributed by atoms with Crippen molar-refractivity contribution in [3.63, 3.8) is 0 Å². The summed E-state index contributed by atoms with van der Waals surface area (Å²) in [7, 11) is 0. The van der Waals surface area contributed by atoms with Crippen molar-refractivity contribution in [1.82, 2.24) is 15.5 Å². The van der Waals surface area contributed by atoms with E-state index in [0.717, 1.165) is 25.2 Å². The molecular weight excluding hydrogens is 414 g/mol. The molecule has 0 heterocycles. The molecule has 2 aromatic rings. The maximum absolute atomic E-state index is 12.3. The van der Waals surface area contributed by atoms with Crippen LogP contribution in [0.4, 0.5) is 8.78 Å². The topological polar surface area (TPSA) is 69.1 Å². The Balaban J connectivity index is 1.90. The zero-order chi connectivity index (χ0) is 23.3. The second-order valence-electron chi connectivity index (χ2n) is 7.32. The Hall–Kier alpha value is -2.71. The number of rotatable bonds is 12. The van der Waals surface area contributed by atoms with Crippen LogP contribution in [0.15, 0.2) is 53.5 Å². The first-order chi connectivity index (χ1) is 15.4. The van der Waals surface area contributed by atoms with Gasteiger partial charge in [-0.05, 0) is 48.8 Å². The second-order valence-corrected chi connectivity index (χ2v) is 7.32. The van der Waals surface area contributed by atoms with Crippen LogP contribution in [0.2, 0.25) is 0 Å². The van der Waals surface area contributed by atoms with Gasteiger partial charge in [0.15, 0.2) is 5.96 Å². The van der Waals surface area contributed by atoms with Gasteiger partial charge in [-0.25, -0.2) is 4.99 Å². The molecule has 0 aliphatic carbocycles. The highest BCUT2D eigenvalue weighted by atomic mass is 19.3. The van der Waals surface area contributed by atoms with Gasteiger partial charge in [0.25, 0.3) is 0 Å². The molecule has 0 aromatic heterocycles. The van der Waals surface area contributed by atoms with Crippen LogP contribution in [0.25, 0.3) is 0 Å². The van der Waals surface area contributed by atoms with E-state index in [1.54, 1.807) is 12.1 Å². The summed E-state index contributed by atoms with van der Waals surface area (Å²) >= 11 is 0. The van der Waals surface area contributed by atoms with E-state index in [1.807, 2.05) is 6.92 Å². The van der Waals surface area contributed by atoms with E-state index in [-0.39, 0.29) is 12.3 Å². The van der Waals surface area contributed by atoms with Gasteiger partial charge in [-0.15, -0.1) is 0 Å². The van der Waals surface area contributed by atoms with Crippen molar-refractivity contribution in [3.05, 3.63) is 65.2 Å². The second kappa shape index (κ2) is 13.6. The fraction of sp³-hybridized carbons (Fsp3) is 0.458. The van der Waals surface area contributed by atoms with E-state index in [1.165, 1.54) is 17.7 Å². The minimum absolute atomic E-state index is 0.0573. The van der Waals surface area contributed by atoms with E-state index in [4.69, 9.17) is 0 Å². The molecule has 3 N–H and O–H groups in total. The summed E-state index contributed by atoms with van der Waals surface area (Å²) in [5.41, 5.74) is 2.97. The van der Waals surface area contributed by atoms with Crippen molar-refractivity contribution in [2.24, 2.45) is 4.99 Å². The number of guanidine groups is 1. The van der Waals surface area contributed by atoms with Gasteiger partial charge in [0.05, 0.1) is 12.6 Å². The third-order valence-corrected chi connectivity index (χ3v) is 5.04. The minimum atomic E-state index is -2.87. The number of nitrogens with one attached hydrogen (secondary N) is 2. The number of aliphatic imine (C=N–C) groups is 1. The third kappa shape index (κ3) is 8.80. The zero-order valence-electron chi connectivity index (χ0n) is 19.0. The minimum Gasteiger partial charge on any atom is -0.435 e. The van der Waals surface area contributed by atoms with E-state index >= 15 is 0 Å². The van der Waals surface area contributed by atoms with Crippen LogP contribution < -0.4 is 15.4 Å². The Morgan fingerprint density at radius 3 is 2.16 bits per heavy atom.